The second kappa shape index (κ2) is 4.68. The van der Waals surface area contributed by atoms with Gasteiger partial charge in [-0.1, -0.05) is 0 Å². The van der Waals surface area contributed by atoms with E-state index in [1.165, 1.54) is 12.3 Å². The number of rotatable bonds is 3. The zero-order valence-electron chi connectivity index (χ0n) is 11.6. The van der Waals surface area contributed by atoms with Crippen LogP contribution in [0.4, 0.5) is 13.2 Å². The number of nitrogens with one attached hydrogen (secondary N) is 1. The molecule has 3 aromatic rings. The molecule has 2 aromatic heterocycles. The van der Waals surface area contributed by atoms with Crippen molar-refractivity contribution in [2.45, 2.75) is 18.8 Å². The molecule has 23 heavy (non-hydrogen) atoms. The molecule has 5 nitrogen and oxygen atoms in total. The van der Waals surface area contributed by atoms with Crippen molar-refractivity contribution in [3.63, 3.8) is 0 Å². The van der Waals surface area contributed by atoms with Crippen LogP contribution in [0.25, 0.3) is 22.4 Å². The number of oxazole rings is 1. The molecule has 1 fully saturated rings. The van der Waals surface area contributed by atoms with E-state index < -0.39 is 29.1 Å². The molecule has 0 bridgehead atoms. The minimum Gasteiger partial charge on any atom is -0.407 e. The molecule has 8 heteroatoms. The third-order valence-electron chi connectivity index (χ3n) is 3.89. The molecule has 1 aromatic carbocycles. The van der Waals surface area contributed by atoms with Crippen molar-refractivity contribution < 1.29 is 17.6 Å². The quantitative estimate of drug-likeness (QED) is 0.804. The van der Waals surface area contributed by atoms with E-state index >= 15 is 0 Å². The van der Waals surface area contributed by atoms with Crippen molar-refractivity contribution in [2.24, 2.45) is 5.92 Å². The second-order valence-electron chi connectivity index (χ2n) is 5.50. The summed E-state index contributed by atoms with van der Waals surface area (Å²) >= 11 is 0. The summed E-state index contributed by atoms with van der Waals surface area (Å²) in [6, 6.07) is 2.49. The van der Waals surface area contributed by atoms with E-state index in [0.717, 1.165) is 12.3 Å². The van der Waals surface area contributed by atoms with Gasteiger partial charge in [0.2, 0.25) is 0 Å². The molecular weight excluding hydrogens is 311 g/mol. The van der Waals surface area contributed by atoms with Gasteiger partial charge in [0.25, 0.3) is 5.92 Å². The molecule has 118 valence electrons. The Morgan fingerprint density at radius 2 is 2.00 bits per heavy atom. The lowest BCUT2D eigenvalue weighted by molar-refractivity contribution is -0.0331. The molecule has 0 radical (unpaired) electrons. The standard InChI is InChI=1S/C15H10F3N3O2/c16-9-4-3-8(13-12(9)21-14(22)23-13)10-5-20-11(6-19-10)15(17,18)7-1-2-7/h3-7H,1-2H2,(H,21,22). The van der Waals surface area contributed by atoms with Gasteiger partial charge in [-0.25, -0.2) is 9.18 Å². The maximum Gasteiger partial charge on any atom is 0.417 e. The highest BCUT2D eigenvalue weighted by Gasteiger charge is 2.49. The number of nitrogens with zero attached hydrogens (tertiary/aromatic N) is 2. The van der Waals surface area contributed by atoms with Gasteiger partial charge in [0.05, 0.1) is 18.1 Å². The zero-order chi connectivity index (χ0) is 16.2. The van der Waals surface area contributed by atoms with Gasteiger partial charge in [-0.15, -0.1) is 0 Å². The van der Waals surface area contributed by atoms with E-state index in [2.05, 4.69) is 15.0 Å². The molecular formula is C15H10F3N3O2. The van der Waals surface area contributed by atoms with Gasteiger partial charge in [-0.05, 0) is 25.0 Å². The lowest BCUT2D eigenvalue weighted by atomic mass is 10.1. The average Bonchev–Trinajstić information content (AvgIpc) is 3.31. The van der Waals surface area contributed by atoms with Crippen LogP contribution in [0.5, 0.6) is 0 Å². The Morgan fingerprint density at radius 1 is 1.22 bits per heavy atom. The van der Waals surface area contributed by atoms with E-state index in [4.69, 9.17) is 4.42 Å². The van der Waals surface area contributed by atoms with Gasteiger partial charge >= 0.3 is 5.76 Å². The van der Waals surface area contributed by atoms with Crippen molar-refractivity contribution >= 4 is 11.1 Å². The molecule has 0 atom stereocenters. The Kier molecular flexibility index (Phi) is 2.84. The number of aromatic nitrogens is 3. The Hall–Kier alpha value is -2.64. The van der Waals surface area contributed by atoms with Gasteiger partial charge in [0.15, 0.2) is 11.4 Å². The minimum absolute atomic E-state index is 0.0222. The number of alkyl halides is 2. The van der Waals surface area contributed by atoms with Crippen LogP contribution in [0.2, 0.25) is 0 Å². The highest BCUT2D eigenvalue weighted by atomic mass is 19.3. The number of H-pyrrole nitrogens is 1. The molecule has 1 saturated carbocycles. The van der Waals surface area contributed by atoms with Crippen LogP contribution < -0.4 is 5.76 Å². The Balaban J connectivity index is 1.80. The summed E-state index contributed by atoms with van der Waals surface area (Å²) in [5.74, 6) is -5.14. The smallest absolute Gasteiger partial charge is 0.407 e. The van der Waals surface area contributed by atoms with Crippen molar-refractivity contribution in [1.82, 2.24) is 15.0 Å². The topological polar surface area (TPSA) is 71.8 Å². The predicted octanol–water partition coefficient (Wildman–Crippen LogP) is 3.22. The molecule has 1 aliphatic rings. The summed E-state index contributed by atoms with van der Waals surface area (Å²) < 4.78 is 46.5. The largest absolute Gasteiger partial charge is 0.417 e. The van der Waals surface area contributed by atoms with Gasteiger partial charge in [-0.2, -0.15) is 8.78 Å². The van der Waals surface area contributed by atoms with Crippen LogP contribution >= 0.6 is 0 Å². The van der Waals surface area contributed by atoms with Gasteiger partial charge in [0, 0.05) is 11.5 Å². The molecule has 4 rings (SSSR count). The summed E-state index contributed by atoms with van der Waals surface area (Å²) in [7, 11) is 0. The highest BCUT2D eigenvalue weighted by Crippen LogP contribution is 2.48. The molecule has 1 aliphatic carbocycles. The molecule has 0 unspecified atom stereocenters. The van der Waals surface area contributed by atoms with E-state index in [1.54, 1.807) is 0 Å². The first-order chi connectivity index (χ1) is 11.0. The van der Waals surface area contributed by atoms with E-state index in [1.807, 2.05) is 0 Å². The van der Waals surface area contributed by atoms with Crippen LogP contribution in [0, 0.1) is 11.7 Å². The first-order valence-corrected chi connectivity index (χ1v) is 6.99. The zero-order valence-corrected chi connectivity index (χ0v) is 11.6. The van der Waals surface area contributed by atoms with E-state index in [0.29, 0.717) is 18.4 Å². The van der Waals surface area contributed by atoms with Gasteiger partial charge in [0.1, 0.15) is 11.2 Å². The summed E-state index contributed by atoms with van der Waals surface area (Å²) in [6.07, 6.45) is 3.13. The number of aromatic amines is 1. The maximum atomic E-state index is 14.0. The predicted molar refractivity (Wildman–Crippen MR) is 74.4 cm³/mol. The second-order valence-corrected chi connectivity index (χ2v) is 5.50. The lowest BCUT2D eigenvalue weighted by Gasteiger charge is -2.14. The molecule has 1 N–H and O–H groups in total. The lowest BCUT2D eigenvalue weighted by Crippen LogP contribution is -2.18. The average molecular weight is 321 g/mol. The van der Waals surface area contributed by atoms with Crippen LogP contribution in [0.15, 0.2) is 33.7 Å². The van der Waals surface area contributed by atoms with Crippen molar-refractivity contribution in [1.29, 1.82) is 0 Å². The molecule has 0 aliphatic heterocycles. The fourth-order valence-electron chi connectivity index (χ4n) is 2.50. The maximum absolute atomic E-state index is 14.0. The molecule has 0 spiro atoms. The van der Waals surface area contributed by atoms with Gasteiger partial charge < -0.3 is 4.42 Å². The fraction of sp³-hybridized carbons (Fsp3) is 0.267. The third-order valence-corrected chi connectivity index (χ3v) is 3.89. The van der Waals surface area contributed by atoms with E-state index in [9.17, 15) is 18.0 Å². The van der Waals surface area contributed by atoms with Crippen LogP contribution in [0.1, 0.15) is 18.5 Å². The van der Waals surface area contributed by atoms with Crippen LogP contribution in [-0.2, 0) is 5.92 Å². The molecule has 0 saturated heterocycles. The fourth-order valence-corrected chi connectivity index (χ4v) is 2.50. The van der Waals surface area contributed by atoms with Crippen molar-refractivity contribution in [2.75, 3.05) is 0 Å². The summed E-state index contributed by atoms with van der Waals surface area (Å²) in [6.45, 7) is 0. The first-order valence-electron chi connectivity index (χ1n) is 6.99. The highest BCUT2D eigenvalue weighted by molar-refractivity contribution is 5.88. The molecule has 0 amide bonds. The first kappa shape index (κ1) is 14.0. The van der Waals surface area contributed by atoms with Crippen LogP contribution in [-0.4, -0.2) is 15.0 Å². The normalized spacial score (nSPS) is 15.3. The number of benzene rings is 1. The summed E-state index contributed by atoms with van der Waals surface area (Å²) in [4.78, 5) is 21.3. The number of halogens is 3. The van der Waals surface area contributed by atoms with Crippen molar-refractivity contribution in [3.8, 4) is 11.3 Å². The monoisotopic (exact) mass is 321 g/mol. The Morgan fingerprint density at radius 3 is 2.65 bits per heavy atom. The SMILES string of the molecule is O=c1[nH]c2c(F)ccc(-c3cnc(C(F)(F)C4CC4)cn3)c2o1. The minimum atomic E-state index is -3.00. The Labute approximate surface area is 127 Å². The number of hydrogen-bond donors (Lipinski definition) is 1. The Bertz CT molecular complexity index is 943. The third kappa shape index (κ3) is 2.21. The van der Waals surface area contributed by atoms with E-state index in [-0.39, 0.29) is 16.8 Å². The number of fused-ring (bicyclic) bond motifs is 1. The van der Waals surface area contributed by atoms with Crippen LogP contribution in [0.3, 0.4) is 0 Å². The summed E-state index contributed by atoms with van der Waals surface area (Å²) in [5.41, 5.74) is 0.00644. The number of hydrogen-bond acceptors (Lipinski definition) is 4. The van der Waals surface area contributed by atoms with Crippen molar-refractivity contribution in [3.05, 3.63) is 46.6 Å². The van der Waals surface area contributed by atoms with Gasteiger partial charge in [-0.3, -0.25) is 15.0 Å². The molecule has 2 heterocycles. The summed E-state index contributed by atoms with van der Waals surface area (Å²) in [5, 5.41) is 0.